The quantitative estimate of drug-likeness (QED) is 0.603. The maximum absolute atomic E-state index is 12.5. The number of carbonyl (C=O) groups excluding carboxylic acids is 2. The molecule has 0 N–H and O–H groups in total. The monoisotopic (exact) mass is 321 g/mol. The van der Waals surface area contributed by atoms with Gasteiger partial charge in [0.15, 0.2) is 5.78 Å². The van der Waals surface area contributed by atoms with Crippen LogP contribution in [0.15, 0.2) is 60.7 Å². The normalized spacial score (nSPS) is 17.3. The van der Waals surface area contributed by atoms with E-state index < -0.39 is 0 Å². The van der Waals surface area contributed by atoms with Crippen LogP contribution in [0.2, 0.25) is 0 Å². The molecule has 3 heteroatoms. The molecular weight excluding hydrogens is 298 g/mol. The molecule has 2 aromatic carbocycles. The average Bonchev–Trinajstić information content (AvgIpc) is 2.67. The molecule has 0 saturated carbocycles. The summed E-state index contributed by atoms with van der Waals surface area (Å²) in [4.78, 5) is 26.3. The van der Waals surface area contributed by atoms with Gasteiger partial charge >= 0.3 is 0 Å². The number of ketones is 1. The minimum absolute atomic E-state index is 0.0902. The number of hydrogen-bond donors (Lipinski definition) is 0. The van der Waals surface area contributed by atoms with E-state index in [2.05, 4.69) is 4.90 Å². The number of rotatable bonds is 6. The molecule has 0 aromatic heterocycles. The lowest BCUT2D eigenvalue weighted by atomic mass is 9.88. The van der Waals surface area contributed by atoms with Gasteiger partial charge in [-0.2, -0.15) is 0 Å². The second-order valence-corrected chi connectivity index (χ2v) is 6.46. The SMILES string of the molecule is O=CC(CN1CCC(C(=O)c2ccccc2)CC1)c1ccccc1. The molecule has 1 aliphatic heterocycles. The predicted molar refractivity (Wildman–Crippen MR) is 95.2 cm³/mol. The molecule has 2 aromatic rings. The van der Waals surface area contributed by atoms with Crippen LogP contribution in [0.3, 0.4) is 0 Å². The standard InChI is InChI=1S/C21H23NO2/c23-16-20(17-7-3-1-4-8-17)15-22-13-11-19(12-14-22)21(24)18-9-5-2-6-10-18/h1-10,16,19-20H,11-15H2. The summed E-state index contributed by atoms with van der Waals surface area (Å²) >= 11 is 0. The fourth-order valence-corrected chi connectivity index (χ4v) is 3.42. The van der Waals surface area contributed by atoms with Gasteiger partial charge in [0, 0.05) is 18.0 Å². The van der Waals surface area contributed by atoms with E-state index in [1.54, 1.807) is 0 Å². The molecule has 1 fully saturated rings. The van der Waals surface area contributed by atoms with Gasteiger partial charge in [0.2, 0.25) is 0 Å². The number of nitrogens with zero attached hydrogens (tertiary/aromatic N) is 1. The average molecular weight is 321 g/mol. The summed E-state index contributed by atoms with van der Waals surface area (Å²) in [6, 6.07) is 19.5. The molecule has 0 radical (unpaired) electrons. The molecule has 1 heterocycles. The van der Waals surface area contributed by atoms with Gasteiger partial charge < -0.3 is 9.69 Å². The van der Waals surface area contributed by atoms with E-state index in [1.165, 1.54) is 0 Å². The van der Waals surface area contributed by atoms with E-state index in [0.29, 0.717) is 0 Å². The maximum atomic E-state index is 12.5. The van der Waals surface area contributed by atoms with Crippen molar-refractivity contribution in [1.29, 1.82) is 0 Å². The lowest BCUT2D eigenvalue weighted by Crippen LogP contribution is -2.38. The Kier molecular flexibility index (Phi) is 5.55. The Morgan fingerprint density at radius 3 is 2.17 bits per heavy atom. The van der Waals surface area contributed by atoms with Gasteiger partial charge in [0.1, 0.15) is 6.29 Å². The van der Waals surface area contributed by atoms with Crippen LogP contribution in [0.25, 0.3) is 0 Å². The summed E-state index contributed by atoms with van der Waals surface area (Å²) < 4.78 is 0. The summed E-state index contributed by atoms with van der Waals surface area (Å²) in [5.74, 6) is 0.271. The second-order valence-electron chi connectivity index (χ2n) is 6.46. The van der Waals surface area contributed by atoms with Crippen LogP contribution in [0.5, 0.6) is 0 Å². The minimum Gasteiger partial charge on any atom is -0.303 e. The first-order valence-corrected chi connectivity index (χ1v) is 8.60. The summed E-state index contributed by atoms with van der Waals surface area (Å²) in [6.07, 6.45) is 2.78. The van der Waals surface area contributed by atoms with Crippen LogP contribution in [-0.2, 0) is 4.79 Å². The molecule has 1 saturated heterocycles. The van der Waals surface area contributed by atoms with Crippen molar-refractivity contribution in [3.63, 3.8) is 0 Å². The van der Waals surface area contributed by atoms with Crippen molar-refractivity contribution in [3.05, 3.63) is 71.8 Å². The van der Waals surface area contributed by atoms with Gasteiger partial charge in [-0.15, -0.1) is 0 Å². The number of hydrogen-bond acceptors (Lipinski definition) is 3. The number of carbonyl (C=O) groups is 2. The van der Waals surface area contributed by atoms with Crippen LogP contribution in [0, 0.1) is 5.92 Å². The van der Waals surface area contributed by atoms with Crippen LogP contribution in [0.4, 0.5) is 0 Å². The summed E-state index contributed by atoms with van der Waals surface area (Å²) in [7, 11) is 0. The smallest absolute Gasteiger partial charge is 0.166 e. The van der Waals surface area contributed by atoms with Gasteiger partial charge in [0.25, 0.3) is 0 Å². The lowest BCUT2D eigenvalue weighted by Gasteiger charge is -2.32. The highest BCUT2D eigenvalue weighted by atomic mass is 16.1. The summed E-state index contributed by atoms with van der Waals surface area (Å²) in [6.45, 7) is 2.49. The van der Waals surface area contributed by atoms with Crippen molar-refractivity contribution in [2.45, 2.75) is 18.8 Å². The molecule has 1 aliphatic rings. The Labute approximate surface area is 143 Å². The van der Waals surface area contributed by atoms with E-state index in [4.69, 9.17) is 0 Å². The Balaban J connectivity index is 1.55. The van der Waals surface area contributed by atoms with Crippen molar-refractivity contribution in [1.82, 2.24) is 4.90 Å². The van der Waals surface area contributed by atoms with Crippen molar-refractivity contribution >= 4 is 12.1 Å². The fourth-order valence-electron chi connectivity index (χ4n) is 3.42. The first kappa shape index (κ1) is 16.6. The van der Waals surface area contributed by atoms with Crippen LogP contribution >= 0.6 is 0 Å². The zero-order valence-corrected chi connectivity index (χ0v) is 13.8. The molecule has 1 unspecified atom stereocenters. The molecule has 124 valence electrons. The number of piperidine rings is 1. The lowest BCUT2D eigenvalue weighted by molar-refractivity contribution is -0.109. The number of benzene rings is 2. The van der Waals surface area contributed by atoms with E-state index >= 15 is 0 Å². The molecule has 3 nitrogen and oxygen atoms in total. The molecule has 0 spiro atoms. The maximum Gasteiger partial charge on any atom is 0.166 e. The number of Topliss-reactive ketones (excluding diaryl/α,β-unsaturated/α-hetero) is 1. The summed E-state index contributed by atoms with van der Waals surface area (Å²) in [5, 5.41) is 0. The highest BCUT2D eigenvalue weighted by Crippen LogP contribution is 2.24. The molecule has 0 amide bonds. The highest BCUT2D eigenvalue weighted by molar-refractivity contribution is 5.97. The topological polar surface area (TPSA) is 37.4 Å². The Morgan fingerprint density at radius 1 is 1.00 bits per heavy atom. The Hall–Kier alpha value is -2.26. The van der Waals surface area contributed by atoms with Crippen LogP contribution < -0.4 is 0 Å². The van der Waals surface area contributed by atoms with Crippen molar-refractivity contribution in [2.24, 2.45) is 5.92 Å². The first-order chi connectivity index (χ1) is 11.8. The third-order valence-electron chi connectivity index (χ3n) is 4.86. The van der Waals surface area contributed by atoms with Gasteiger partial charge in [-0.3, -0.25) is 4.79 Å². The van der Waals surface area contributed by atoms with Crippen LogP contribution in [-0.4, -0.2) is 36.6 Å². The molecular formula is C21H23NO2. The zero-order chi connectivity index (χ0) is 16.8. The van der Waals surface area contributed by atoms with E-state index in [1.807, 2.05) is 60.7 Å². The number of aldehydes is 1. The molecule has 0 aliphatic carbocycles. The Morgan fingerprint density at radius 2 is 1.58 bits per heavy atom. The molecule has 0 bridgehead atoms. The van der Waals surface area contributed by atoms with Crippen molar-refractivity contribution < 1.29 is 9.59 Å². The molecule has 3 rings (SSSR count). The second kappa shape index (κ2) is 8.02. The van der Waals surface area contributed by atoms with E-state index in [9.17, 15) is 9.59 Å². The van der Waals surface area contributed by atoms with Crippen molar-refractivity contribution in [3.8, 4) is 0 Å². The third kappa shape index (κ3) is 3.98. The largest absolute Gasteiger partial charge is 0.303 e. The van der Waals surface area contributed by atoms with Crippen molar-refractivity contribution in [2.75, 3.05) is 19.6 Å². The van der Waals surface area contributed by atoms with E-state index in [-0.39, 0.29) is 17.6 Å². The Bertz CT molecular complexity index is 661. The van der Waals surface area contributed by atoms with E-state index in [0.717, 1.165) is 49.9 Å². The molecule has 1 atom stereocenters. The highest BCUT2D eigenvalue weighted by Gasteiger charge is 2.27. The first-order valence-electron chi connectivity index (χ1n) is 8.60. The van der Waals surface area contributed by atoms with Crippen LogP contribution in [0.1, 0.15) is 34.7 Å². The van der Waals surface area contributed by atoms with Gasteiger partial charge in [-0.25, -0.2) is 0 Å². The third-order valence-corrected chi connectivity index (χ3v) is 4.86. The zero-order valence-electron chi connectivity index (χ0n) is 13.8. The van der Waals surface area contributed by atoms with Gasteiger partial charge in [-0.1, -0.05) is 60.7 Å². The summed E-state index contributed by atoms with van der Waals surface area (Å²) in [5.41, 5.74) is 1.88. The predicted octanol–water partition coefficient (Wildman–Crippen LogP) is 3.56. The number of likely N-dealkylation sites (tertiary alicyclic amines) is 1. The van der Waals surface area contributed by atoms with Gasteiger partial charge in [0.05, 0.1) is 5.92 Å². The minimum atomic E-state index is -0.0902. The molecule has 24 heavy (non-hydrogen) atoms. The fraction of sp³-hybridized carbons (Fsp3) is 0.333. The van der Waals surface area contributed by atoms with Gasteiger partial charge in [-0.05, 0) is 31.5 Å².